The van der Waals surface area contributed by atoms with Crippen LogP contribution in [0.1, 0.15) is 0 Å². The van der Waals surface area contributed by atoms with Gasteiger partial charge in [-0.2, -0.15) is 0 Å². The molecule has 15 rings (SSSR count). The molecule has 15 aromatic rings. The van der Waals surface area contributed by atoms with Gasteiger partial charge in [0.25, 0.3) is 0 Å². The number of fused-ring (bicyclic) bond motifs is 9. The van der Waals surface area contributed by atoms with Crippen LogP contribution >= 0.6 is 0 Å². The van der Waals surface area contributed by atoms with Gasteiger partial charge < -0.3 is 14.2 Å². The van der Waals surface area contributed by atoms with Gasteiger partial charge in [0.1, 0.15) is 5.58 Å². The van der Waals surface area contributed by atoms with E-state index in [9.17, 15) is 0 Å². The van der Waals surface area contributed by atoms with E-state index in [1.165, 1.54) is 60.3 Å². The minimum Gasteiger partial charge on any atom is -0.454 e. The third-order valence-corrected chi connectivity index (χ3v) is 15.8. The predicted molar refractivity (Wildman–Crippen MR) is 335 cm³/mol. The first-order valence-corrected chi connectivity index (χ1v) is 27.1. The lowest BCUT2D eigenvalue weighted by Gasteiger charge is -2.30. The number of rotatable bonds is 10. The van der Waals surface area contributed by atoms with Gasteiger partial charge in [-0.15, -0.1) is 0 Å². The number of hydrogen-bond acceptors (Lipinski definition) is 3. The molecule has 79 heavy (non-hydrogen) atoms. The van der Waals surface area contributed by atoms with Gasteiger partial charge >= 0.3 is 0 Å². The van der Waals surface area contributed by atoms with Crippen LogP contribution in [0.2, 0.25) is 0 Å². The predicted octanol–water partition coefficient (Wildman–Crippen LogP) is 21.8. The molecule has 1 aromatic heterocycles. The molecule has 0 saturated carbocycles. The third-order valence-electron chi connectivity index (χ3n) is 15.8. The second-order valence-corrected chi connectivity index (χ2v) is 20.4. The zero-order valence-electron chi connectivity index (χ0n) is 43.2. The van der Waals surface area contributed by atoms with E-state index in [4.69, 9.17) is 4.42 Å². The van der Waals surface area contributed by atoms with E-state index in [0.717, 1.165) is 83.3 Å². The monoisotopic (exact) mass is 1010 g/mol. The van der Waals surface area contributed by atoms with E-state index in [0.29, 0.717) is 0 Å². The lowest BCUT2D eigenvalue weighted by molar-refractivity contribution is 0.669. The maximum absolute atomic E-state index is 7.11. The van der Waals surface area contributed by atoms with Gasteiger partial charge in [-0.25, -0.2) is 0 Å². The number of anilines is 6. The molecular formula is C76H50N2O. The first-order valence-electron chi connectivity index (χ1n) is 27.1. The summed E-state index contributed by atoms with van der Waals surface area (Å²) in [5, 5.41) is 11.6. The SMILES string of the molecule is c1ccc(-c2ccc(N(c3ccc(-c4ccccc4)cc3)c3c4ccccc4c(-c4ccc(N(c5ccc(-c6ccccc6)cc5)c5cc6ccccc6c6c5oc5ccc7ccccc7c56)cc4)c4ccccc34)cc2)cc1. The number of hydrogen-bond donors (Lipinski definition) is 0. The summed E-state index contributed by atoms with van der Waals surface area (Å²) in [5.74, 6) is 0. The zero-order valence-corrected chi connectivity index (χ0v) is 43.2. The Labute approximate surface area is 458 Å². The minimum absolute atomic E-state index is 0.850. The fourth-order valence-corrected chi connectivity index (χ4v) is 12.1. The second-order valence-electron chi connectivity index (χ2n) is 20.4. The van der Waals surface area contributed by atoms with Crippen molar-refractivity contribution in [2.24, 2.45) is 0 Å². The van der Waals surface area contributed by atoms with Crippen molar-refractivity contribution in [2.45, 2.75) is 0 Å². The summed E-state index contributed by atoms with van der Waals surface area (Å²) in [6, 6.07) is 110. The van der Waals surface area contributed by atoms with Gasteiger partial charge in [0, 0.05) is 44.3 Å². The molecule has 0 aliphatic heterocycles. The average Bonchev–Trinajstić information content (AvgIpc) is 4.22. The van der Waals surface area contributed by atoms with Crippen molar-refractivity contribution in [2.75, 3.05) is 9.80 Å². The topological polar surface area (TPSA) is 19.6 Å². The summed E-state index contributed by atoms with van der Waals surface area (Å²) in [7, 11) is 0. The molecule has 1 heterocycles. The van der Waals surface area contributed by atoms with Gasteiger partial charge in [0.15, 0.2) is 5.58 Å². The number of nitrogens with zero attached hydrogens (tertiary/aromatic N) is 2. The number of furan rings is 1. The molecule has 14 aromatic carbocycles. The fourth-order valence-electron chi connectivity index (χ4n) is 12.1. The summed E-state index contributed by atoms with van der Waals surface area (Å²) in [4.78, 5) is 4.83. The maximum Gasteiger partial charge on any atom is 0.160 e. The molecule has 0 bridgehead atoms. The molecule has 3 heteroatoms. The van der Waals surface area contributed by atoms with E-state index < -0.39 is 0 Å². The summed E-state index contributed by atoms with van der Waals surface area (Å²) in [6.07, 6.45) is 0. The molecule has 3 nitrogen and oxygen atoms in total. The van der Waals surface area contributed by atoms with E-state index in [1.807, 2.05) is 0 Å². The molecule has 0 aliphatic carbocycles. The molecule has 370 valence electrons. The third kappa shape index (κ3) is 7.99. The highest BCUT2D eigenvalue weighted by molar-refractivity contribution is 6.29. The maximum atomic E-state index is 7.11. The molecule has 0 atom stereocenters. The molecular weight excluding hydrogens is 957 g/mol. The summed E-state index contributed by atoms with van der Waals surface area (Å²) < 4.78 is 7.11. The Hall–Kier alpha value is -10.5. The molecule has 0 unspecified atom stereocenters. The van der Waals surface area contributed by atoms with Crippen LogP contribution in [-0.4, -0.2) is 0 Å². The Morgan fingerprint density at radius 3 is 1.06 bits per heavy atom. The highest BCUT2D eigenvalue weighted by atomic mass is 16.3. The van der Waals surface area contributed by atoms with E-state index in [2.05, 4.69) is 313 Å². The van der Waals surface area contributed by atoms with Crippen LogP contribution in [0, 0.1) is 0 Å². The van der Waals surface area contributed by atoms with Crippen LogP contribution in [0.3, 0.4) is 0 Å². The standard InChI is InChI=1S/C76H50N2O/c1-4-18-51(19-5-1)54-32-41-60(42-33-54)77(70-50-59-25-11-13-27-65(59)74-73-64-26-12-10-24-57(64)40-49-71(73)79-76(70)74)61-47-38-58(39-48-61)72-66-28-14-16-30-68(66)75(69-31-17-15-29-67(69)72)78(62-43-34-55(35-44-62)52-20-6-2-7-21-52)63-45-36-56(37-46-63)53-22-8-3-9-23-53/h1-50H. The highest BCUT2D eigenvalue weighted by Crippen LogP contribution is 2.51. The lowest BCUT2D eigenvalue weighted by atomic mass is 9.89. The van der Waals surface area contributed by atoms with Crippen molar-refractivity contribution in [1.82, 2.24) is 0 Å². The Morgan fingerprint density at radius 1 is 0.241 bits per heavy atom. The molecule has 0 aliphatic rings. The van der Waals surface area contributed by atoms with Crippen molar-refractivity contribution in [3.63, 3.8) is 0 Å². The molecule has 0 spiro atoms. The van der Waals surface area contributed by atoms with Crippen molar-refractivity contribution in [1.29, 1.82) is 0 Å². The van der Waals surface area contributed by atoms with Crippen LogP contribution in [0.25, 0.3) is 110 Å². The van der Waals surface area contributed by atoms with Gasteiger partial charge in [0.05, 0.1) is 11.4 Å². The van der Waals surface area contributed by atoms with Crippen LogP contribution in [0.5, 0.6) is 0 Å². The zero-order chi connectivity index (χ0) is 52.2. The summed E-state index contributed by atoms with van der Waals surface area (Å²) in [6.45, 7) is 0. The molecule has 0 fully saturated rings. The van der Waals surface area contributed by atoms with Crippen molar-refractivity contribution >= 4 is 99.2 Å². The quantitative estimate of drug-likeness (QED) is 0.127. The van der Waals surface area contributed by atoms with Gasteiger partial charge in [-0.3, -0.25) is 0 Å². The second kappa shape index (κ2) is 19.3. The highest BCUT2D eigenvalue weighted by Gasteiger charge is 2.26. The largest absolute Gasteiger partial charge is 0.454 e. The molecule has 0 saturated heterocycles. The van der Waals surface area contributed by atoms with Crippen molar-refractivity contribution < 1.29 is 4.42 Å². The Morgan fingerprint density at radius 2 is 0.595 bits per heavy atom. The fraction of sp³-hybridized carbons (Fsp3) is 0. The van der Waals surface area contributed by atoms with E-state index >= 15 is 0 Å². The van der Waals surface area contributed by atoms with Crippen LogP contribution in [-0.2, 0) is 0 Å². The summed E-state index contributed by atoms with van der Waals surface area (Å²) >= 11 is 0. The number of benzene rings is 14. The van der Waals surface area contributed by atoms with E-state index in [1.54, 1.807) is 0 Å². The van der Waals surface area contributed by atoms with Crippen molar-refractivity contribution in [3.05, 3.63) is 303 Å². The Balaban J connectivity index is 0.914. The smallest absolute Gasteiger partial charge is 0.160 e. The first-order chi connectivity index (χ1) is 39.2. The normalized spacial score (nSPS) is 11.5. The average molecular weight is 1010 g/mol. The van der Waals surface area contributed by atoms with Gasteiger partial charge in [-0.1, -0.05) is 243 Å². The van der Waals surface area contributed by atoms with E-state index in [-0.39, 0.29) is 0 Å². The first kappa shape index (κ1) is 45.9. The Bertz CT molecular complexity index is 4580. The summed E-state index contributed by atoms with van der Waals surface area (Å²) in [5.41, 5.74) is 17.4. The van der Waals surface area contributed by atoms with Crippen LogP contribution < -0.4 is 9.80 Å². The minimum atomic E-state index is 0.850. The van der Waals surface area contributed by atoms with Gasteiger partial charge in [-0.05, 0) is 137 Å². The van der Waals surface area contributed by atoms with Crippen molar-refractivity contribution in [3.8, 4) is 44.5 Å². The molecule has 0 amide bonds. The Kier molecular flexibility index (Phi) is 11.2. The van der Waals surface area contributed by atoms with Crippen LogP contribution in [0.15, 0.2) is 308 Å². The van der Waals surface area contributed by atoms with Crippen LogP contribution in [0.4, 0.5) is 34.1 Å². The molecule has 0 radical (unpaired) electrons. The molecule has 0 N–H and O–H groups in total. The van der Waals surface area contributed by atoms with Gasteiger partial charge in [0.2, 0.25) is 0 Å². The lowest BCUT2D eigenvalue weighted by Crippen LogP contribution is -2.11.